The first kappa shape index (κ1) is 27.2. The number of carbonyl (C=O) groups excluding carboxylic acids is 2. The van der Waals surface area contributed by atoms with Crippen molar-refractivity contribution >= 4 is 24.2 Å². The van der Waals surface area contributed by atoms with Crippen LogP contribution in [0, 0.1) is 17.2 Å². The zero-order chi connectivity index (χ0) is 24.1. The summed E-state index contributed by atoms with van der Waals surface area (Å²) in [6.45, 7) is 8.04. The molecule has 5 nitrogen and oxygen atoms in total. The fourth-order valence-electron chi connectivity index (χ4n) is 5.18. The molecular weight excluding hydrogens is 465 g/mol. The van der Waals surface area contributed by atoms with E-state index >= 15 is 0 Å². The molecule has 0 bridgehead atoms. The van der Waals surface area contributed by atoms with Crippen LogP contribution in [0.5, 0.6) is 0 Å². The van der Waals surface area contributed by atoms with E-state index in [2.05, 4.69) is 22.3 Å². The van der Waals surface area contributed by atoms with Gasteiger partial charge in [-0.2, -0.15) is 0 Å². The number of carbonyl (C=O) groups is 2. The third-order valence-electron chi connectivity index (χ3n) is 7.39. The van der Waals surface area contributed by atoms with Gasteiger partial charge in [0.2, 0.25) is 11.8 Å². The van der Waals surface area contributed by atoms with E-state index in [0.717, 1.165) is 56.6 Å². The molecule has 2 aliphatic rings. The van der Waals surface area contributed by atoms with Crippen molar-refractivity contribution in [1.82, 2.24) is 15.1 Å². The molecule has 1 N–H and O–H groups in total. The first-order valence-electron chi connectivity index (χ1n) is 12.4. The summed E-state index contributed by atoms with van der Waals surface area (Å²) >= 11 is 0. The summed E-state index contributed by atoms with van der Waals surface area (Å²) in [5, 5.41) is 3.22. The van der Waals surface area contributed by atoms with E-state index in [9.17, 15) is 14.0 Å². The molecule has 1 atom stereocenters. The average Bonchev–Trinajstić information content (AvgIpc) is 3.13. The SMILES string of the molecule is CC(C)C(=O)N[C@@H](CCN1CCC2(CC1)CC(=O)N(Cc1ccc(F)cc1)C2)c1ccccc1.Cl. The van der Waals surface area contributed by atoms with Crippen LogP contribution in [0.1, 0.15) is 56.7 Å². The van der Waals surface area contributed by atoms with Crippen molar-refractivity contribution in [2.24, 2.45) is 11.3 Å². The molecule has 2 aliphatic heterocycles. The van der Waals surface area contributed by atoms with Crippen LogP contribution in [0.4, 0.5) is 4.39 Å². The number of nitrogens with zero attached hydrogens (tertiary/aromatic N) is 2. The van der Waals surface area contributed by atoms with E-state index < -0.39 is 0 Å². The Bertz CT molecular complexity index is 975. The number of halogens is 2. The van der Waals surface area contributed by atoms with E-state index in [1.807, 2.05) is 36.9 Å². The summed E-state index contributed by atoms with van der Waals surface area (Å²) < 4.78 is 13.2. The van der Waals surface area contributed by atoms with Crippen LogP contribution < -0.4 is 5.32 Å². The zero-order valence-corrected chi connectivity index (χ0v) is 21.5. The smallest absolute Gasteiger partial charge is 0.223 e. The van der Waals surface area contributed by atoms with E-state index in [4.69, 9.17) is 0 Å². The molecule has 2 saturated heterocycles. The molecule has 1 spiro atoms. The van der Waals surface area contributed by atoms with Crippen molar-refractivity contribution in [2.75, 3.05) is 26.2 Å². The van der Waals surface area contributed by atoms with Gasteiger partial charge in [-0.05, 0) is 61.0 Å². The molecular formula is C28H37ClFN3O2. The lowest BCUT2D eigenvalue weighted by Gasteiger charge is -2.39. The molecule has 0 aliphatic carbocycles. The number of rotatable bonds is 8. The molecule has 190 valence electrons. The molecule has 0 radical (unpaired) electrons. The second-order valence-electron chi connectivity index (χ2n) is 10.3. The van der Waals surface area contributed by atoms with Crippen molar-refractivity contribution in [3.05, 3.63) is 71.5 Å². The van der Waals surface area contributed by atoms with Crippen molar-refractivity contribution in [3.8, 4) is 0 Å². The number of piperidine rings is 1. The van der Waals surface area contributed by atoms with Crippen LogP contribution >= 0.6 is 12.4 Å². The minimum Gasteiger partial charge on any atom is -0.349 e. The van der Waals surface area contributed by atoms with Gasteiger partial charge in [0, 0.05) is 32.0 Å². The van der Waals surface area contributed by atoms with Crippen LogP contribution in [-0.2, 0) is 16.1 Å². The number of benzene rings is 2. The van der Waals surface area contributed by atoms with E-state index in [1.165, 1.54) is 12.1 Å². The maximum Gasteiger partial charge on any atom is 0.223 e. The molecule has 7 heteroatoms. The minimum absolute atomic E-state index is 0. The molecule has 0 saturated carbocycles. The predicted octanol–water partition coefficient (Wildman–Crippen LogP) is 4.97. The van der Waals surface area contributed by atoms with Gasteiger partial charge in [-0.1, -0.05) is 56.3 Å². The molecule has 2 amide bonds. The molecule has 2 aromatic rings. The molecule has 0 aromatic heterocycles. The third-order valence-corrected chi connectivity index (χ3v) is 7.39. The third kappa shape index (κ3) is 7.05. The van der Waals surface area contributed by atoms with Crippen LogP contribution in [0.3, 0.4) is 0 Å². The highest BCUT2D eigenvalue weighted by molar-refractivity contribution is 5.85. The first-order chi connectivity index (χ1) is 16.3. The van der Waals surface area contributed by atoms with Gasteiger partial charge < -0.3 is 15.1 Å². The Morgan fingerprint density at radius 3 is 2.34 bits per heavy atom. The topological polar surface area (TPSA) is 52.7 Å². The predicted molar refractivity (Wildman–Crippen MR) is 139 cm³/mol. The molecule has 2 fully saturated rings. The maximum atomic E-state index is 13.2. The lowest BCUT2D eigenvalue weighted by atomic mass is 9.77. The Labute approximate surface area is 214 Å². The van der Waals surface area contributed by atoms with Crippen LogP contribution in [0.25, 0.3) is 0 Å². The standard InChI is InChI=1S/C28H36FN3O2.ClH/c1-21(2)27(34)30-25(23-6-4-3-5-7-23)12-15-31-16-13-28(14-17-31)18-26(33)32(20-28)19-22-8-10-24(29)11-9-22;/h3-11,21,25H,12-20H2,1-2H3,(H,30,34);1H/t25-;/m0./s1. The summed E-state index contributed by atoms with van der Waals surface area (Å²) in [6.07, 6.45) is 3.49. The monoisotopic (exact) mass is 501 g/mol. The fourth-order valence-corrected chi connectivity index (χ4v) is 5.18. The first-order valence-corrected chi connectivity index (χ1v) is 12.4. The minimum atomic E-state index is -0.251. The van der Waals surface area contributed by atoms with Crippen molar-refractivity contribution in [3.63, 3.8) is 0 Å². The number of amides is 2. The van der Waals surface area contributed by atoms with Gasteiger partial charge in [-0.25, -0.2) is 4.39 Å². The quantitative estimate of drug-likeness (QED) is 0.556. The summed E-state index contributed by atoms with van der Waals surface area (Å²) in [4.78, 5) is 29.5. The van der Waals surface area contributed by atoms with Crippen LogP contribution in [-0.4, -0.2) is 47.8 Å². The van der Waals surface area contributed by atoms with Gasteiger partial charge in [0.1, 0.15) is 5.82 Å². The Kier molecular flexibility index (Phi) is 9.31. The summed E-state index contributed by atoms with van der Waals surface area (Å²) in [5.74, 6) is -0.00656. The van der Waals surface area contributed by atoms with E-state index in [-0.39, 0.29) is 47.4 Å². The lowest BCUT2D eigenvalue weighted by molar-refractivity contribution is -0.128. The van der Waals surface area contributed by atoms with Gasteiger partial charge in [0.25, 0.3) is 0 Å². The lowest BCUT2D eigenvalue weighted by Crippen LogP contribution is -2.43. The normalized spacial score (nSPS) is 18.5. The average molecular weight is 502 g/mol. The Morgan fingerprint density at radius 2 is 1.71 bits per heavy atom. The Morgan fingerprint density at radius 1 is 1.06 bits per heavy atom. The highest BCUT2D eigenvalue weighted by Gasteiger charge is 2.44. The highest BCUT2D eigenvalue weighted by atomic mass is 35.5. The summed E-state index contributed by atoms with van der Waals surface area (Å²) in [5.41, 5.74) is 2.17. The summed E-state index contributed by atoms with van der Waals surface area (Å²) in [7, 11) is 0. The van der Waals surface area contributed by atoms with Gasteiger partial charge in [0.05, 0.1) is 6.04 Å². The molecule has 0 unspecified atom stereocenters. The Hall–Kier alpha value is -2.44. The highest BCUT2D eigenvalue weighted by Crippen LogP contribution is 2.41. The molecule has 2 aromatic carbocycles. The van der Waals surface area contributed by atoms with E-state index in [1.54, 1.807) is 12.1 Å². The van der Waals surface area contributed by atoms with Crippen LogP contribution in [0.2, 0.25) is 0 Å². The van der Waals surface area contributed by atoms with Gasteiger partial charge in [-0.3, -0.25) is 9.59 Å². The largest absolute Gasteiger partial charge is 0.349 e. The molecule has 35 heavy (non-hydrogen) atoms. The number of hydrogen-bond donors (Lipinski definition) is 1. The van der Waals surface area contributed by atoms with Gasteiger partial charge in [-0.15, -0.1) is 12.4 Å². The molecule has 4 rings (SSSR count). The maximum absolute atomic E-state index is 13.2. The van der Waals surface area contributed by atoms with Crippen molar-refractivity contribution < 1.29 is 14.0 Å². The number of hydrogen-bond acceptors (Lipinski definition) is 3. The van der Waals surface area contributed by atoms with E-state index in [0.29, 0.717) is 13.0 Å². The van der Waals surface area contributed by atoms with Crippen LogP contribution in [0.15, 0.2) is 54.6 Å². The van der Waals surface area contributed by atoms with Gasteiger partial charge >= 0.3 is 0 Å². The second kappa shape index (κ2) is 12.0. The van der Waals surface area contributed by atoms with Gasteiger partial charge in [0.15, 0.2) is 0 Å². The second-order valence-corrected chi connectivity index (χ2v) is 10.3. The Balaban J connectivity index is 0.00000342. The van der Waals surface area contributed by atoms with Crippen molar-refractivity contribution in [1.29, 1.82) is 0 Å². The molecule has 2 heterocycles. The fraction of sp³-hybridized carbons (Fsp3) is 0.500. The summed E-state index contributed by atoms with van der Waals surface area (Å²) in [6, 6.07) is 16.6. The zero-order valence-electron chi connectivity index (χ0n) is 20.7. The number of nitrogens with one attached hydrogen (secondary N) is 1. The van der Waals surface area contributed by atoms with Crippen molar-refractivity contribution in [2.45, 2.75) is 52.1 Å². The number of likely N-dealkylation sites (tertiary alicyclic amines) is 2.